The van der Waals surface area contributed by atoms with Gasteiger partial charge in [0, 0.05) is 49.9 Å². The van der Waals surface area contributed by atoms with Crippen LogP contribution in [0, 0.1) is 5.92 Å². The Morgan fingerprint density at radius 1 is 1.35 bits per heavy atom. The Hall–Kier alpha value is -1.73. The summed E-state index contributed by atoms with van der Waals surface area (Å²) >= 11 is 1.82. The van der Waals surface area contributed by atoms with Gasteiger partial charge in [0.15, 0.2) is 5.96 Å². The van der Waals surface area contributed by atoms with Gasteiger partial charge in [0.2, 0.25) is 5.91 Å². The molecule has 1 aromatic carbocycles. The fourth-order valence-corrected chi connectivity index (χ4v) is 3.41. The van der Waals surface area contributed by atoms with Crippen molar-refractivity contribution in [3.63, 3.8) is 0 Å². The number of hydrogen-bond donors (Lipinski definition) is 2. The highest BCUT2D eigenvalue weighted by Crippen LogP contribution is 2.21. The van der Waals surface area contributed by atoms with Gasteiger partial charge in [-0.1, -0.05) is 25.1 Å². The van der Waals surface area contributed by atoms with E-state index in [2.05, 4.69) is 34.7 Å². The van der Waals surface area contributed by atoms with Gasteiger partial charge in [0.05, 0.1) is 6.61 Å². The third kappa shape index (κ3) is 7.66. The Morgan fingerprint density at radius 3 is 2.77 bits per heavy atom. The molecule has 2 unspecified atom stereocenters. The Balaban J connectivity index is 1.84. The zero-order valence-corrected chi connectivity index (χ0v) is 16.7. The van der Waals surface area contributed by atoms with E-state index in [1.807, 2.05) is 30.0 Å². The van der Waals surface area contributed by atoms with Gasteiger partial charge in [0.1, 0.15) is 6.54 Å². The van der Waals surface area contributed by atoms with Gasteiger partial charge in [-0.3, -0.25) is 4.79 Å². The van der Waals surface area contributed by atoms with Gasteiger partial charge >= 0.3 is 0 Å². The van der Waals surface area contributed by atoms with E-state index in [4.69, 9.17) is 4.74 Å². The van der Waals surface area contributed by atoms with E-state index in [0.29, 0.717) is 17.1 Å². The zero-order chi connectivity index (χ0) is 18.8. The molecule has 0 aromatic heterocycles. The molecular formula is C19H30N4O2S. The first-order chi connectivity index (χ1) is 12.5. The van der Waals surface area contributed by atoms with Crippen molar-refractivity contribution in [1.82, 2.24) is 15.5 Å². The number of likely N-dealkylation sites (N-methyl/N-ethyl adjacent to an activating group) is 1. The molecule has 6 nitrogen and oxygen atoms in total. The molecule has 144 valence electrons. The number of ether oxygens (including phenoxy) is 1. The summed E-state index contributed by atoms with van der Waals surface area (Å²) < 4.78 is 5.42. The van der Waals surface area contributed by atoms with Gasteiger partial charge in [-0.2, -0.15) is 0 Å². The van der Waals surface area contributed by atoms with Crippen LogP contribution in [0.15, 0.2) is 40.2 Å². The van der Waals surface area contributed by atoms with E-state index in [1.165, 1.54) is 4.90 Å². The van der Waals surface area contributed by atoms with Crippen molar-refractivity contribution in [1.29, 1.82) is 0 Å². The number of nitrogens with zero attached hydrogens (tertiary/aromatic N) is 2. The molecule has 7 heteroatoms. The molecule has 0 bridgehead atoms. The van der Waals surface area contributed by atoms with Gasteiger partial charge in [-0.15, -0.1) is 11.8 Å². The second-order valence-electron chi connectivity index (χ2n) is 6.69. The summed E-state index contributed by atoms with van der Waals surface area (Å²) in [4.78, 5) is 19.1. The highest BCUT2D eigenvalue weighted by Gasteiger charge is 2.16. The second-order valence-corrected chi connectivity index (χ2v) is 8.20. The molecule has 0 spiro atoms. The van der Waals surface area contributed by atoms with Crippen molar-refractivity contribution in [2.24, 2.45) is 10.9 Å². The SMILES string of the molecule is CC(CNC(=NCC(=O)N(C)C)NCC1CCOC1)Sc1ccccc1. The third-order valence-corrected chi connectivity index (χ3v) is 5.20. The van der Waals surface area contributed by atoms with Crippen LogP contribution < -0.4 is 10.6 Å². The van der Waals surface area contributed by atoms with Crippen LogP contribution in [-0.4, -0.2) is 69.0 Å². The van der Waals surface area contributed by atoms with Crippen LogP contribution in [0.1, 0.15) is 13.3 Å². The number of hydrogen-bond acceptors (Lipinski definition) is 4. The summed E-state index contributed by atoms with van der Waals surface area (Å²) in [7, 11) is 3.49. The largest absolute Gasteiger partial charge is 0.381 e. The number of nitrogens with one attached hydrogen (secondary N) is 2. The Kier molecular flexibility index (Phi) is 8.77. The minimum Gasteiger partial charge on any atom is -0.381 e. The summed E-state index contributed by atoms with van der Waals surface area (Å²) in [6.45, 7) is 5.51. The second kappa shape index (κ2) is 11.1. The maximum Gasteiger partial charge on any atom is 0.243 e. The number of benzene rings is 1. The number of carbonyl (C=O) groups excluding carboxylic acids is 1. The molecule has 1 aliphatic rings. The maximum atomic E-state index is 11.8. The van der Waals surface area contributed by atoms with E-state index in [9.17, 15) is 4.79 Å². The molecule has 1 amide bonds. The summed E-state index contributed by atoms with van der Waals surface area (Å²) in [6, 6.07) is 10.4. The average molecular weight is 379 g/mol. The smallest absolute Gasteiger partial charge is 0.243 e. The lowest BCUT2D eigenvalue weighted by molar-refractivity contribution is -0.127. The first kappa shape index (κ1) is 20.6. The summed E-state index contributed by atoms with van der Waals surface area (Å²) in [5.41, 5.74) is 0. The highest BCUT2D eigenvalue weighted by molar-refractivity contribution is 8.00. The predicted octanol–water partition coefficient (Wildman–Crippen LogP) is 1.83. The number of rotatable bonds is 8. The lowest BCUT2D eigenvalue weighted by atomic mass is 10.1. The topological polar surface area (TPSA) is 66.0 Å². The molecule has 0 radical (unpaired) electrons. The highest BCUT2D eigenvalue weighted by atomic mass is 32.2. The molecule has 1 saturated heterocycles. The van der Waals surface area contributed by atoms with Gasteiger partial charge in [0.25, 0.3) is 0 Å². The minimum absolute atomic E-state index is 0.0120. The van der Waals surface area contributed by atoms with Crippen molar-refractivity contribution in [2.45, 2.75) is 23.5 Å². The van der Waals surface area contributed by atoms with Crippen LogP contribution in [0.5, 0.6) is 0 Å². The van der Waals surface area contributed by atoms with Crippen molar-refractivity contribution in [3.8, 4) is 0 Å². The molecule has 1 aliphatic heterocycles. The van der Waals surface area contributed by atoms with Crippen LogP contribution in [0.25, 0.3) is 0 Å². The Bertz CT molecular complexity index is 574. The summed E-state index contributed by atoms with van der Waals surface area (Å²) in [6.07, 6.45) is 1.07. The Morgan fingerprint density at radius 2 is 2.12 bits per heavy atom. The number of thioether (sulfide) groups is 1. The Labute approximate surface area is 160 Å². The lowest BCUT2D eigenvalue weighted by Gasteiger charge is -2.18. The normalized spacial score (nSPS) is 18.4. The molecule has 0 saturated carbocycles. The van der Waals surface area contributed by atoms with Crippen molar-refractivity contribution in [2.75, 3.05) is 46.9 Å². The minimum atomic E-state index is -0.0120. The van der Waals surface area contributed by atoms with Gasteiger partial charge in [-0.25, -0.2) is 4.99 Å². The van der Waals surface area contributed by atoms with Crippen molar-refractivity contribution < 1.29 is 9.53 Å². The molecule has 26 heavy (non-hydrogen) atoms. The van der Waals surface area contributed by atoms with Crippen molar-refractivity contribution >= 4 is 23.6 Å². The fourth-order valence-electron chi connectivity index (χ4n) is 2.46. The molecule has 2 rings (SSSR count). The number of carbonyl (C=O) groups is 1. The third-order valence-electron chi connectivity index (χ3n) is 4.09. The van der Waals surface area contributed by atoms with Crippen LogP contribution in [0.3, 0.4) is 0 Å². The van der Waals surface area contributed by atoms with Crippen LogP contribution >= 0.6 is 11.8 Å². The summed E-state index contributed by atoms with van der Waals surface area (Å²) in [5.74, 6) is 1.18. The molecule has 1 heterocycles. The fraction of sp³-hybridized carbons (Fsp3) is 0.579. The monoisotopic (exact) mass is 378 g/mol. The maximum absolute atomic E-state index is 11.8. The number of aliphatic imine (C=N–C) groups is 1. The molecule has 0 aliphatic carbocycles. The van der Waals surface area contributed by atoms with Gasteiger partial charge in [-0.05, 0) is 18.6 Å². The van der Waals surface area contributed by atoms with E-state index < -0.39 is 0 Å². The van der Waals surface area contributed by atoms with E-state index >= 15 is 0 Å². The van der Waals surface area contributed by atoms with E-state index in [-0.39, 0.29) is 12.5 Å². The van der Waals surface area contributed by atoms with Crippen LogP contribution in [0.2, 0.25) is 0 Å². The quantitative estimate of drug-likeness (QED) is 0.410. The van der Waals surface area contributed by atoms with E-state index in [1.54, 1.807) is 19.0 Å². The average Bonchev–Trinajstić information content (AvgIpc) is 3.15. The summed E-state index contributed by atoms with van der Waals surface area (Å²) in [5, 5.41) is 7.10. The van der Waals surface area contributed by atoms with Gasteiger partial charge < -0.3 is 20.3 Å². The number of guanidine groups is 1. The van der Waals surface area contributed by atoms with Crippen molar-refractivity contribution in [3.05, 3.63) is 30.3 Å². The van der Waals surface area contributed by atoms with E-state index in [0.717, 1.165) is 32.7 Å². The zero-order valence-electron chi connectivity index (χ0n) is 15.9. The predicted molar refractivity (Wildman–Crippen MR) is 108 cm³/mol. The first-order valence-corrected chi connectivity index (χ1v) is 9.94. The molecule has 1 fully saturated rings. The standard InChI is InChI=1S/C19H30N4O2S/c1-15(26-17-7-5-4-6-8-17)11-20-19(22-13-18(24)23(2)3)21-12-16-9-10-25-14-16/h4-8,15-16H,9-14H2,1-3H3,(H2,20,21,22). The molecule has 2 N–H and O–H groups in total. The molecular weight excluding hydrogens is 348 g/mol. The first-order valence-electron chi connectivity index (χ1n) is 9.06. The number of amides is 1. The molecule has 2 atom stereocenters. The van der Waals surface area contributed by atoms with Crippen LogP contribution in [-0.2, 0) is 9.53 Å². The lowest BCUT2D eigenvalue weighted by Crippen LogP contribution is -2.43. The molecule has 1 aromatic rings. The van der Waals surface area contributed by atoms with Crippen LogP contribution in [0.4, 0.5) is 0 Å².